The molecule has 0 atom stereocenters. The Labute approximate surface area is 50.8 Å². The second-order valence-corrected chi connectivity index (χ2v) is 12.4. The minimum absolute atomic E-state index is 0.518. The van der Waals surface area contributed by atoms with Crippen LogP contribution in [0.3, 0.4) is 0 Å². The van der Waals surface area contributed by atoms with Crippen LogP contribution < -0.4 is 0 Å². The standard InChI is InChI=1S/C2O2.2ClH.Pt/c3-1-2-4;;;/h;2*1H;/q;;;+2/p-2. The van der Waals surface area contributed by atoms with Crippen molar-refractivity contribution in [3.8, 4) is 0 Å². The Morgan fingerprint density at radius 3 is 1.29 bits per heavy atom. The van der Waals surface area contributed by atoms with E-state index >= 15 is 0 Å². The Morgan fingerprint density at radius 1 is 1.14 bits per heavy atom. The Kier molecular flexibility index (Phi) is 1.07. The summed E-state index contributed by atoms with van der Waals surface area (Å²) in [6.45, 7) is 0. The molecule has 1 heterocycles. The molecule has 0 aliphatic carbocycles. The van der Waals surface area contributed by atoms with Gasteiger partial charge in [0.05, 0.1) is 0 Å². The quantitative estimate of drug-likeness (QED) is 0.609. The third kappa shape index (κ3) is 0.658. The molecule has 1 saturated heterocycles. The molecular weight excluding hydrogens is 322 g/mol. The SMILES string of the molecule is O=[C]1[C](=O)[Pt]1([Cl])[Cl]. The summed E-state index contributed by atoms with van der Waals surface area (Å²) in [5.41, 5.74) is 0. The zero-order valence-electron chi connectivity index (χ0n) is 2.89. The molecule has 0 unspecified atom stereocenters. The van der Waals surface area contributed by atoms with Gasteiger partial charge in [-0.05, 0) is 0 Å². The molecule has 44 valence electrons. The fourth-order valence-electron chi connectivity index (χ4n) is 0.113. The summed E-state index contributed by atoms with van der Waals surface area (Å²) < 4.78 is -1.04. The van der Waals surface area contributed by atoms with Crippen LogP contribution in [0.25, 0.3) is 0 Å². The second-order valence-electron chi connectivity index (χ2n) is 0.855. The van der Waals surface area contributed by atoms with Crippen LogP contribution >= 0.6 is 18.8 Å². The summed E-state index contributed by atoms with van der Waals surface area (Å²) >= 11 is -3.27. The zero-order valence-corrected chi connectivity index (χ0v) is 6.67. The van der Waals surface area contributed by atoms with Gasteiger partial charge in [0, 0.05) is 0 Å². The molecule has 1 rings (SSSR count). The van der Waals surface area contributed by atoms with Crippen LogP contribution in [0, 0.1) is 0 Å². The predicted octanol–water partition coefficient (Wildman–Crippen LogP) is 0.515. The molecule has 5 heteroatoms. The molecule has 1 fully saturated rings. The van der Waals surface area contributed by atoms with E-state index in [4.69, 9.17) is 18.8 Å². The van der Waals surface area contributed by atoms with Crippen molar-refractivity contribution in [1.29, 1.82) is 0 Å². The number of halogens is 2. The third-order valence-corrected chi connectivity index (χ3v) is 7.08. The van der Waals surface area contributed by atoms with Gasteiger partial charge in [-0.2, -0.15) is 0 Å². The molecule has 0 aromatic heterocycles. The van der Waals surface area contributed by atoms with E-state index < -0.39 is 22.3 Å². The monoisotopic (exact) mass is 321 g/mol. The molecule has 7 heavy (non-hydrogen) atoms. The van der Waals surface area contributed by atoms with E-state index in [0.29, 0.717) is 0 Å². The molecule has 0 amide bonds. The number of rotatable bonds is 0. The molecule has 2 nitrogen and oxygen atoms in total. The zero-order chi connectivity index (χ0) is 5.65. The van der Waals surface area contributed by atoms with E-state index in [1.165, 1.54) is 0 Å². The van der Waals surface area contributed by atoms with Gasteiger partial charge in [-0.15, -0.1) is 0 Å². The summed E-state index contributed by atoms with van der Waals surface area (Å²) in [6, 6.07) is 0. The van der Waals surface area contributed by atoms with Crippen LogP contribution in [0.4, 0.5) is 0 Å². The van der Waals surface area contributed by atoms with Crippen molar-refractivity contribution in [1.82, 2.24) is 0 Å². The molecule has 1 aliphatic heterocycles. The van der Waals surface area contributed by atoms with E-state index in [1.807, 2.05) is 0 Å². The summed E-state index contributed by atoms with van der Waals surface area (Å²) in [6.07, 6.45) is 0. The number of hydrogen-bond acceptors (Lipinski definition) is 2. The predicted molar refractivity (Wildman–Crippen MR) is 21.7 cm³/mol. The van der Waals surface area contributed by atoms with Crippen LogP contribution in [0.1, 0.15) is 0 Å². The summed E-state index contributed by atoms with van der Waals surface area (Å²) in [5, 5.41) is 0. The average molecular weight is 322 g/mol. The molecule has 0 saturated carbocycles. The molecule has 0 radical (unpaired) electrons. The van der Waals surface area contributed by atoms with Gasteiger partial charge in [-0.1, -0.05) is 0 Å². The van der Waals surface area contributed by atoms with Crippen molar-refractivity contribution in [3.63, 3.8) is 0 Å². The maximum atomic E-state index is 10.0. The summed E-state index contributed by atoms with van der Waals surface area (Å²) in [5.74, 6) is 0. The van der Waals surface area contributed by atoms with Gasteiger partial charge in [0.1, 0.15) is 0 Å². The Bertz CT molecular complexity index is 136. The molecule has 0 aromatic carbocycles. The first kappa shape index (κ1) is 5.74. The minimum atomic E-state index is -3.27. The van der Waals surface area contributed by atoms with Crippen molar-refractivity contribution in [2.24, 2.45) is 0 Å². The number of hydrogen-bond donors (Lipinski definition) is 0. The second kappa shape index (κ2) is 1.31. The topological polar surface area (TPSA) is 34.1 Å². The van der Waals surface area contributed by atoms with Crippen molar-refractivity contribution in [2.75, 3.05) is 0 Å². The van der Waals surface area contributed by atoms with Crippen LogP contribution in [-0.4, -0.2) is 8.35 Å². The van der Waals surface area contributed by atoms with E-state index in [0.717, 1.165) is 0 Å². The molecule has 1 aliphatic rings. The van der Waals surface area contributed by atoms with E-state index in [9.17, 15) is 9.59 Å². The first-order chi connectivity index (χ1) is 3.07. The van der Waals surface area contributed by atoms with Crippen LogP contribution in [-0.2, 0) is 23.6 Å². The van der Waals surface area contributed by atoms with Gasteiger partial charge in [-0.25, -0.2) is 0 Å². The van der Waals surface area contributed by atoms with Crippen LogP contribution in [0.5, 0.6) is 0 Å². The summed E-state index contributed by atoms with van der Waals surface area (Å²) in [4.78, 5) is 20.0. The fraction of sp³-hybridized carbons (Fsp3) is 0. The Balaban J connectivity index is 2.90. The Morgan fingerprint density at radius 2 is 1.29 bits per heavy atom. The van der Waals surface area contributed by atoms with Gasteiger partial charge in [0.15, 0.2) is 0 Å². The first-order valence-electron chi connectivity index (χ1n) is 1.21. The third-order valence-electron chi connectivity index (χ3n) is 0.467. The van der Waals surface area contributed by atoms with Crippen LogP contribution in [0.15, 0.2) is 0 Å². The normalized spacial score (nSPS) is 30.0. The van der Waals surface area contributed by atoms with Crippen molar-refractivity contribution >= 4 is 27.2 Å². The Hall–Kier alpha value is 0.608. The van der Waals surface area contributed by atoms with Gasteiger partial charge in [0.25, 0.3) is 0 Å². The molecule has 0 spiro atoms. The van der Waals surface area contributed by atoms with Gasteiger partial charge in [0.2, 0.25) is 0 Å². The van der Waals surface area contributed by atoms with E-state index in [2.05, 4.69) is 0 Å². The average Bonchev–Trinajstić information content (AvgIpc) is 1.91. The maximum absolute atomic E-state index is 10.0. The molecule has 0 aromatic rings. The van der Waals surface area contributed by atoms with Crippen molar-refractivity contribution in [3.05, 3.63) is 0 Å². The first-order valence-corrected chi connectivity index (χ1v) is 9.12. The summed E-state index contributed by atoms with van der Waals surface area (Å²) in [7, 11) is 10.4. The van der Waals surface area contributed by atoms with Gasteiger partial charge >= 0.3 is 50.7 Å². The van der Waals surface area contributed by atoms with Gasteiger partial charge in [-0.3, -0.25) is 0 Å². The fourth-order valence-corrected chi connectivity index (χ4v) is 5.37. The van der Waals surface area contributed by atoms with Gasteiger partial charge < -0.3 is 0 Å². The molecular formula is C2Cl2O2Pt. The van der Waals surface area contributed by atoms with Crippen molar-refractivity contribution < 1.29 is 23.6 Å². The molecule has 0 N–H and O–H groups in total. The van der Waals surface area contributed by atoms with E-state index in [-0.39, 0.29) is 0 Å². The van der Waals surface area contributed by atoms with Crippen molar-refractivity contribution in [2.45, 2.75) is 0 Å². The number of carbonyl (C=O) groups excluding carboxylic acids is 2. The van der Waals surface area contributed by atoms with Crippen LogP contribution in [0.2, 0.25) is 0 Å². The van der Waals surface area contributed by atoms with E-state index in [1.54, 1.807) is 0 Å². The molecule has 0 bridgehead atoms. The number of carbonyl (C=O) groups is 2.